The molecule has 2 N–H and O–H groups in total. The van der Waals surface area contributed by atoms with Crippen molar-refractivity contribution in [1.29, 1.82) is 0 Å². The molecule has 1 aliphatic rings. The van der Waals surface area contributed by atoms with E-state index in [4.69, 9.17) is 15.9 Å². The molecule has 2 aromatic carbocycles. The van der Waals surface area contributed by atoms with E-state index >= 15 is 0 Å². The van der Waals surface area contributed by atoms with Gasteiger partial charge in [0.05, 0.1) is 7.11 Å². The van der Waals surface area contributed by atoms with Crippen LogP contribution >= 0.6 is 0 Å². The quantitative estimate of drug-likeness (QED) is 0.536. The van der Waals surface area contributed by atoms with E-state index in [0.717, 1.165) is 0 Å². The average Bonchev–Trinajstić information content (AvgIpc) is 3.55. The highest BCUT2D eigenvalue weighted by atomic mass is 16.5. The molecule has 0 unspecified atom stereocenters. The smallest absolute Gasteiger partial charge is 0.262 e. The summed E-state index contributed by atoms with van der Waals surface area (Å²) >= 11 is 0. The van der Waals surface area contributed by atoms with Crippen LogP contribution in [0.2, 0.25) is 0 Å². The van der Waals surface area contributed by atoms with E-state index in [1.165, 1.54) is 7.11 Å². The minimum atomic E-state index is -0.485. The van der Waals surface area contributed by atoms with Crippen LogP contribution in [0.5, 0.6) is 11.5 Å². The maximum absolute atomic E-state index is 12.3. The Bertz CT molecular complexity index is 1010. The summed E-state index contributed by atoms with van der Waals surface area (Å²) in [5.41, 5.74) is 0.640. The molecule has 160 valence electrons. The van der Waals surface area contributed by atoms with Crippen LogP contribution in [0.1, 0.15) is 25.7 Å². The maximum atomic E-state index is 12.3. The van der Waals surface area contributed by atoms with E-state index in [9.17, 15) is 9.59 Å². The predicted molar refractivity (Wildman–Crippen MR) is 117 cm³/mol. The Balaban J connectivity index is 1.46. The van der Waals surface area contributed by atoms with Crippen molar-refractivity contribution in [3.8, 4) is 23.8 Å². The second-order valence-corrected chi connectivity index (χ2v) is 7.00. The van der Waals surface area contributed by atoms with Gasteiger partial charge in [0, 0.05) is 37.1 Å². The molecule has 0 fully saturated rings. The Morgan fingerprint density at radius 1 is 1.00 bits per heavy atom. The highest BCUT2D eigenvalue weighted by Gasteiger charge is 2.39. The van der Waals surface area contributed by atoms with Crippen LogP contribution < -0.4 is 20.1 Å². The van der Waals surface area contributed by atoms with Gasteiger partial charge in [-0.1, -0.05) is 18.2 Å². The number of ether oxygens (including phenoxy) is 2. The molecule has 1 heterocycles. The van der Waals surface area contributed by atoms with Crippen LogP contribution in [0, 0.1) is 12.3 Å². The lowest BCUT2D eigenvalue weighted by atomic mass is 10.0. The monoisotopic (exact) mass is 420 g/mol. The summed E-state index contributed by atoms with van der Waals surface area (Å²) in [4.78, 5) is 24.5. The topological polar surface area (TPSA) is 101 Å². The van der Waals surface area contributed by atoms with E-state index in [1.807, 2.05) is 6.07 Å². The Labute approximate surface area is 181 Å². The van der Waals surface area contributed by atoms with Crippen molar-refractivity contribution in [1.82, 2.24) is 0 Å². The van der Waals surface area contributed by atoms with Crippen LogP contribution in [0.15, 0.2) is 58.8 Å². The summed E-state index contributed by atoms with van der Waals surface area (Å²) < 4.78 is 10.7. The molecule has 0 atom stereocenters. The summed E-state index contributed by atoms with van der Waals surface area (Å²) in [6, 6.07) is 14.0. The predicted octanol–water partition coefficient (Wildman–Crippen LogP) is 4.01. The number of carbonyl (C=O) groups excluding carboxylic acids is 2. The Morgan fingerprint density at radius 3 is 2.32 bits per heavy atom. The van der Waals surface area contributed by atoms with Gasteiger partial charge in [-0.3, -0.25) is 9.59 Å². The molecular formula is C23H24N4O4. The number of nitrogens with zero attached hydrogens (tertiary/aromatic N) is 2. The second-order valence-electron chi connectivity index (χ2n) is 7.00. The van der Waals surface area contributed by atoms with E-state index in [0.29, 0.717) is 42.1 Å². The largest absolute Gasteiger partial charge is 0.493 e. The third-order valence-electron chi connectivity index (χ3n) is 4.66. The average molecular weight is 420 g/mol. The molecule has 0 aromatic heterocycles. The number of terminal acetylenes is 1. The first-order valence-electron chi connectivity index (χ1n) is 9.87. The van der Waals surface area contributed by atoms with Gasteiger partial charge in [0.25, 0.3) is 5.91 Å². The van der Waals surface area contributed by atoms with Gasteiger partial charge in [-0.05, 0) is 30.3 Å². The zero-order valence-corrected chi connectivity index (χ0v) is 17.3. The number of benzene rings is 2. The molecule has 0 saturated carbocycles. The number of nitrogens with one attached hydrogen (secondary N) is 2. The normalized spacial score (nSPS) is 13.0. The first-order chi connectivity index (χ1) is 15.0. The number of methoxy groups -OCH3 is 1. The number of rotatable bonds is 11. The summed E-state index contributed by atoms with van der Waals surface area (Å²) in [7, 11) is 1.54. The molecule has 8 heteroatoms. The van der Waals surface area contributed by atoms with Gasteiger partial charge in [-0.25, -0.2) is 0 Å². The van der Waals surface area contributed by atoms with E-state index < -0.39 is 5.66 Å². The SMILES string of the molecule is C#CCCC1(CCC(=O)Nc2cccc(NC(=O)COc3ccccc3OC)c2)N=N1. The lowest BCUT2D eigenvalue weighted by molar-refractivity contribution is -0.118. The van der Waals surface area contributed by atoms with E-state index in [2.05, 4.69) is 26.8 Å². The Kier molecular flexibility index (Phi) is 7.22. The fourth-order valence-electron chi connectivity index (χ4n) is 2.96. The summed E-state index contributed by atoms with van der Waals surface area (Å²) in [5.74, 6) is 3.11. The molecule has 0 bridgehead atoms. The number of amides is 2. The molecule has 0 saturated heterocycles. The summed E-state index contributed by atoms with van der Waals surface area (Å²) in [5, 5.41) is 13.6. The van der Waals surface area contributed by atoms with Crippen LogP contribution in [-0.4, -0.2) is 31.2 Å². The van der Waals surface area contributed by atoms with Crippen LogP contribution in [-0.2, 0) is 9.59 Å². The first-order valence-corrected chi connectivity index (χ1v) is 9.87. The molecule has 8 nitrogen and oxygen atoms in total. The third kappa shape index (κ3) is 6.57. The van der Waals surface area contributed by atoms with E-state index in [-0.39, 0.29) is 24.8 Å². The first kappa shape index (κ1) is 21.8. The zero-order chi connectivity index (χ0) is 22.1. The standard InChI is InChI=1S/C23H24N4O4/c1-3-4-13-23(26-27-23)14-12-21(28)24-17-8-7-9-18(15-17)25-22(29)16-31-20-11-6-5-10-19(20)30-2/h1,5-11,15H,4,12-14,16H2,2H3,(H,24,28)(H,25,29). The number of carbonyl (C=O) groups is 2. The van der Waals surface area contributed by atoms with Crippen molar-refractivity contribution < 1.29 is 19.1 Å². The number of para-hydroxylation sites is 2. The Morgan fingerprint density at radius 2 is 1.68 bits per heavy atom. The lowest BCUT2D eigenvalue weighted by Crippen LogP contribution is -2.20. The highest BCUT2D eigenvalue weighted by molar-refractivity contribution is 5.94. The van der Waals surface area contributed by atoms with Crippen molar-refractivity contribution in [2.75, 3.05) is 24.4 Å². The highest BCUT2D eigenvalue weighted by Crippen LogP contribution is 2.37. The van der Waals surface area contributed by atoms with Gasteiger partial charge in [0.2, 0.25) is 5.91 Å². The van der Waals surface area contributed by atoms with Crippen LogP contribution in [0.25, 0.3) is 0 Å². The molecular weight excluding hydrogens is 396 g/mol. The molecule has 0 radical (unpaired) electrons. The maximum Gasteiger partial charge on any atom is 0.262 e. The summed E-state index contributed by atoms with van der Waals surface area (Å²) in [6.07, 6.45) is 7.32. The lowest BCUT2D eigenvalue weighted by Gasteiger charge is -2.12. The van der Waals surface area contributed by atoms with Gasteiger partial charge in [-0.15, -0.1) is 12.3 Å². The van der Waals surface area contributed by atoms with E-state index in [1.54, 1.807) is 42.5 Å². The van der Waals surface area contributed by atoms with Gasteiger partial charge < -0.3 is 20.1 Å². The fraction of sp³-hybridized carbons (Fsp3) is 0.304. The zero-order valence-electron chi connectivity index (χ0n) is 17.3. The van der Waals surface area contributed by atoms with Crippen molar-refractivity contribution in [3.05, 3.63) is 48.5 Å². The van der Waals surface area contributed by atoms with Gasteiger partial charge in [0.15, 0.2) is 23.8 Å². The summed E-state index contributed by atoms with van der Waals surface area (Å²) in [6.45, 7) is -0.177. The van der Waals surface area contributed by atoms with Gasteiger partial charge >= 0.3 is 0 Å². The molecule has 2 amide bonds. The minimum Gasteiger partial charge on any atom is -0.493 e. The molecule has 0 aliphatic carbocycles. The van der Waals surface area contributed by atoms with Crippen LogP contribution in [0.4, 0.5) is 11.4 Å². The molecule has 31 heavy (non-hydrogen) atoms. The number of anilines is 2. The third-order valence-corrected chi connectivity index (χ3v) is 4.66. The second kappa shape index (κ2) is 10.3. The van der Waals surface area contributed by atoms with Crippen molar-refractivity contribution >= 4 is 23.2 Å². The number of hydrogen-bond donors (Lipinski definition) is 2. The van der Waals surface area contributed by atoms with Gasteiger partial charge in [0.1, 0.15) is 0 Å². The molecule has 2 aromatic rings. The fourth-order valence-corrected chi connectivity index (χ4v) is 2.96. The molecule has 3 rings (SSSR count). The van der Waals surface area contributed by atoms with Crippen molar-refractivity contribution in [3.63, 3.8) is 0 Å². The van der Waals surface area contributed by atoms with Crippen LogP contribution in [0.3, 0.4) is 0 Å². The minimum absolute atomic E-state index is 0.152. The Hall–Kier alpha value is -3.86. The molecule has 0 spiro atoms. The number of hydrogen-bond acceptors (Lipinski definition) is 6. The van der Waals surface area contributed by atoms with Crippen molar-refractivity contribution in [2.24, 2.45) is 10.2 Å². The van der Waals surface area contributed by atoms with Gasteiger partial charge in [-0.2, -0.15) is 10.2 Å². The molecule has 1 aliphatic heterocycles. The van der Waals surface area contributed by atoms with Crippen molar-refractivity contribution in [2.45, 2.75) is 31.3 Å².